The number of aromatic nitrogens is 6. The maximum Gasteiger partial charge on any atom is 0.320 e. The fourth-order valence-corrected chi connectivity index (χ4v) is 5.27. The summed E-state index contributed by atoms with van der Waals surface area (Å²) >= 11 is 16.2. The highest BCUT2D eigenvalue weighted by Crippen LogP contribution is 2.31. The Morgan fingerprint density at radius 1 is 0.583 bits per heavy atom. The van der Waals surface area contributed by atoms with Gasteiger partial charge >= 0.3 is 12.0 Å². The molecule has 0 aliphatic rings. The molecule has 244 valence electrons. The number of hydrogen-bond donors (Lipinski definition) is 1. The summed E-state index contributed by atoms with van der Waals surface area (Å²) < 4.78 is 10.5. The van der Waals surface area contributed by atoms with Gasteiger partial charge in [0, 0.05) is 34.1 Å². The summed E-state index contributed by atoms with van der Waals surface area (Å²) in [5, 5.41) is 5.20. The molecule has 2 aromatic heterocycles. The van der Waals surface area contributed by atoms with Crippen molar-refractivity contribution in [2.75, 3.05) is 20.8 Å². The van der Waals surface area contributed by atoms with Crippen LogP contribution in [-0.4, -0.2) is 50.7 Å². The first-order chi connectivity index (χ1) is 23.4. The highest BCUT2D eigenvalue weighted by Gasteiger charge is 2.15. The number of nitrogens with zero attached hydrogens (tertiary/aromatic N) is 6. The Bertz CT molecular complexity index is 1970. The second kappa shape index (κ2) is 17.1. The third-order valence-corrected chi connectivity index (χ3v) is 8.24. The first-order valence-electron chi connectivity index (χ1n) is 15.0. The summed E-state index contributed by atoms with van der Waals surface area (Å²) in [6.45, 7) is 3.73. The predicted molar refractivity (Wildman–Crippen MR) is 195 cm³/mol. The lowest BCUT2D eigenvalue weighted by molar-refractivity contribution is 0.379. The molecule has 2 heterocycles. The van der Waals surface area contributed by atoms with Crippen LogP contribution in [0.25, 0.3) is 45.6 Å². The molecule has 9 nitrogen and oxygen atoms in total. The molecule has 12 heteroatoms. The van der Waals surface area contributed by atoms with E-state index in [0.717, 1.165) is 51.8 Å². The molecule has 4 aromatic carbocycles. The summed E-state index contributed by atoms with van der Waals surface area (Å²) in [5.74, 6) is 2.08. The van der Waals surface area contributed by atoms with E-state index in [9.17, 15) is 0 Å². The van der Waals surface area contributed by atoms with Crippen molar-refractivity contribution >= 4 is 39.1 Å². The number of methoxy groups -OCH3 is 2. The van der Waals surface area contributed by atoms with Crippen molar-refractivity contribution in [3.05, 3.63) is 118 Å². The summed E-state index contributed by atoms with van der Waals surface area (Å²) in [5.41, 5.74) is 5.50. The molecule has 0 saturated heterocycles. The quantitative estimate of drug-likeness (QED) is 0.138. The Morgan fingerprint density at radius 2 is 1.02 bits per heavy atom. The monoisotopic (exact) mass is 743 g/mol. The van der Waals surface area contributed by atoms with Crippen molar-refractivity contribution in [3.8, 4) is 57.6 Å². The normalized spacial score (nSPS) is 10.6. The summed E-state index contributed by atoms with van der Waals surface area (Å²) in [7, 11) is 3.07. The van der Waals surface area contributed by atoms with Crippen LogP contribution in [0.2, 0.25) is 10.0 Å². The lowest BCUT2D eigenvalue weighted by atomic mass is 10.1. The number of nitrogens with one attached hydrogen (secondary N) is 1. The van der Waals surface area contributed by atoms with Gasteiger partial charge in [-0.25, -0.2) is 9.97 Å². The van der Waals surface area contributed by atoms with E-state index in [1.165, 1.54) is 14.2 Å². The van der Waals surface area contributed by atoms with Crippen molar-refractivity contribution < 1.29 is 9.47 Å². The topological polar surface area (TPSA) is 108 Å². The first kappa shape index (κ1) is 34.8. The van der Waals surface area contributed by atoms with E-state index >= 15 is 0 Å². The highest BCUT2D eigenvalue weighted by molar-refractivity contribution is 9.08. The molecule has 1 N–H and O–H groups in total. The average Bonchev–Trinajstić information content (AvgIpc) is 3.15. The number of halogens is 3. The zero-order chi connectivity index (χ0) is 33.9. The smallest absolute Gasteiger partial charge is 0.320 e. The number of benzene rings is 4. The van der Waals surface area contributed by atoms with E-state index in [4.69, 9.17) is 32.7 Å². The van der Waals surface area contributed by atoms with Crippen molar-refractivity contribution in [3.63, 3.8) is 0 Å². The van der Waals surface area contributed by atoms with E-state index in [1.54, 1.807) is 0 Å². The average molecular weight is 746 g/mol. The molecular weight excluding hydrogens is 713 g/mol. The van der Waals surface area contributed by atoms with Crippen LogP contribution in [0.15, 0.2) is 97.1 Å². The lowest BCUT2D eigenvalue weighted by Crippen LogP contribution is -2.11. The fourth-order valence-electron chi connectivity index (χ4n) is 4.52. The molecule has 48 heavy (non-hydrogen) atoms. The van der Waals surface area contributed by atoms with Gasteiger partial charge in [-0.3, -0.25) is 0 Å². The zero-order valence-corrected chi connectivity index (χ0v) is 29.6. The van der Waals surface area contributed by atoms with Gasteiger partial charge in [-0.2, -0.15) is 19.9 Å². The Labute approximate surface area is 297 Å². The van der Waals surface area contributed by atoms with Crippen molar-refractivity contribution in [2.45, 2.75) is 18.8 Å². The second-order valence-corrected chi connectivity index (χ2v) is 11.6. The van der Waals surface area contributed by atoms with Gasteiger partial charge in [0.2, 0.25) is 0 Å². The second-order valence-electron chi connectivity index (χ2n) is 10.2. The van der Waals surface area contributed by atoms with Crippen LogP contribution in [0.4, 0.5) is 0 Å². The Balaban J connectivity index is 0.000000188. The minimum absolute atomic E-state index is 0.258. The van der Waals surface area contributed by atoms with E-state index in [0.29, 0.717) is 33.3 Å². The molecule has 0 saturated carbocycles. The van der Waals surface area contributed by atoms with Crippen molar-refractivity contribution in [1.29, 1.82) is 0 Å². The standard InChI is InChI=1S/C19H19ClN4O.C17H13BrClN3O/c1-3-21-12-13-9-10-16(20)15(11-13)18-22-17(23-19(24-18)25-2)14-7-5-4-6-8-14;1-23-17-21-15(12-5-3-2-4-6-12)20-16(22-17)13-9-11(10-18)7-8-14(13)19/h4-11,21H,3,12H2,1-2H3;2-9H,10H2,1H3. The van der Waals surface area contributed by atoms with Crippen LogP contribution in [-0.2, 0) is 11.9 Å². The van der Waals surface area contributed by atoms with E-state index in [1.807, 2.05) is 97.1 Å². The van der Waals surface area contributed by atoms with E-state index < -0.39 is 0 Å². The minimum Gasteiger partial charge on any atom is -0.467 e. The van der Waals surface area contributed by atoms with Gasteiger partial charge in [0.1, 0.15) is 0 Å². The van der Waals surface area contributed by atoms with Gasteiger partial charge in [0.05, 0.1) is 24.3 Å². The summed E-state index contributed by atoms with van der Waals surface area (Å²) in [4.78, 5) is 26.5. The van der Waals surface area contributed by atoms with Gasteiger partial charge in [-0.15, -0.1) is 0 Å². The first-order valence-corrected chi connectivity index (χ1v) is 16.8. The number of rotatable bonds is 10. The molecule has 6 rings (SSSR count). The molecular formula is C36H32BrCl2N7O2. The van der Waals surface area contributed by atoms with Gasteiger partial charge in [0.15, 0.2) is 23.3 Å². The van der Waals surface area contributed by atoms with E-state index in [-0.39, 0.29) is 12.0 Å². The molecule has 0 aliphatic carbocycles. The Hall–Kier alpha value is -4.48. The van der Waals surface area contributed by atoms with Crippen molar-refractivity contribution in [2.24, 2.45) is 0 Å². The fraction of sp³-hybridized carbons (Fsp3) is 0.167. The molecule has 0 amide bonds. The maximum atomic E-state index is 6.40. The SMILES string of the molecule is CCNCc1ccc(Cl)c(-c2nc(OC)nc(-c3ccccc3)n2)c1.COc1nc(-c2ccccc2)nc(-c2cc(CBr)ccc2Cl)n1. The van der Waals surface area contributed by atoms with Gasteiger partial charge in [0.25, 0.3) is 0 Å². The Kier molecular flexibility index (Phi) is 12.4. The van der Waals surface area contributed by atoms with Gasteiger partial charge in [-0.1, -0.05) is 119 Å². The van der Waals surface area contributed by atoms with E-state index in [2.05, 4.69) is 58.1 Å². The molecule has 0 fully saturated rings. The molecule has 0 radical (unpaired) electrons. The molecule has 0 spiro atoms. The van der Waals surface area contributed by atoms with Crippen LogP contribution < -0.4 is 14.8 Å². The van der Waals surface area contributed by atoms with Crippen LogP contribution in [0, 0.1) is 0 Å². The summed E-state index contributed by atoms with van der Waals surface area (Å²) in [6, 6.07) is 31.5. The van der Waals surface area contributed by atoms with Crippen molar-refractivity contribution in [1.82, 2.24) is 35.2 Å². The molecule has 0 atom stereocenters. The minimum atomic E-state index is 0.258. The molecule has 6 aromatic rings. The summed E-state index contributed by atoms with van der Waals surface area (Å²) in [6.07, 6.45) is 0. The molecule has 0 bridgehead atoms. The Morgan fingerprint density at radius 3 is 1.46 bits per heavy atom. The maximum absolute atomic E-state index is 6.40. The third-order valence-electron chi connectivity index (χ3n) is 6.94. The van der Waals surface area contributed by atoms with Crippen LogP contribution in [0.3, 0.4) is 0 Å². The number of alkyl halides is 1. The van der Waals surface area contributed by atoms with Gasteiger partial charge in [-0.05, 0) is 41.9 Å². The number of ether oxygens (including phenoxy) is 2. The third kappa shape index (κ3) is 8.90. The lowest BCUT2D eigenvalue weighted by Gasteiger charge is -2.10. The van der Waals surface area contributed by atoms with Crippen LogP contribution in [0.5, 0.6) is 12.0 Å². The highest BCUT2D eigenvalue weighted by atomic mass is 79.9. The molecule has 0 aliphatic heterocycles. The number of hydrogen-bond acceptors (Lipinski definition) is 9. The van der Waals surface area contributed by atoms with Gasteiger partial charge < -0.3 is 14.8 Å². The predicted octanol–water partition coefficient (Wildman–Crippen LogP) is 8.74. The largest absolute Gasteiger partial charge is 0.467 e. The zero-order valence-electron chi connectivity index (χ0n) is 26.5. The van der Waals surface area contributed by atoms with Crippen LogP contribution in [0.1, 0.15) is 18.1 Å². The molecule has 0 unspecified atom stereocenters. The van der Waals surface area contributed by atoms with Crippen LogP contribution >= 0.6 is 39.1 Å².